The van der Waals surface area contributed by atoms with Crippen LogP contribution in [0.3, 0.4) is 0 Å². The van der Waals surface area contributed by atoms with E-state index in [9.17, 15) is 4.39 Å². The molecule has 1 heterocycles. The Bertz CT molecular complexity index is 683. The van der Waals surface area contributed by atoms with Crippen molar-refractivity contribution in [3.05, 3.63) is 51.7 Å². The van der Waals surface area contributed by atoms with E-state index in [-0.39, 0.29) is 35.2 Å². The Labute approximate surface area is 170 Å². The van der Waals surface area contributed by atoms with Crippen molar-refractivity contribution in [1.82, 2.24) is 15.6 Å². The topological polar surface area (TPSA) is 49.3 Å². The van der Waals surface area contributed by atoms with Gasteiger partial charge in [0, 0.05) is 29.6 Å². The number of hydrogen-bond acceptors (Lipinski definition) is 3. The predicted molar refractivity (Wildman–Crippen MR) is 115 cm³/mol. The average molecular weight is 476 g/mol. The summed E-state index contributed by atoms with van der Waals surface area (Å²) in [7, 11) is 0. The number of nitrogens with zero attached hydrogens (tertiary/aromatic N) is 2. The molecule has 1 aromatic carbocycles. The summed E-state index contributed by atoms with van der Waals surface area (Å²) in [5.74, 6) is 0.552. The van der Waals surface area contributed by atoms with Crippen LogP contribution in [-0.2, 0) is 12.0 Å². The molecule has 7 heteroatoms. The number of aryl methyl sites for hydroxylation is 1. The third-order valence-electron chi connectivity index (χ3n) is 3.71. The lowest BCUT2D eigenvalue weighted by atomic mass is 9.84. The zero-order valence-electron chi connectivity index (χ0n) is 15.1. The highest BCUT2D eigenvalue weighted by atomic mass is 127. The van der Waals surface area contributed by atoms with Crippen molar-refractivity contribution in [2.75, 3.05) is 13.1 Å². The summed E-state index contributed by atoms with van der Waals surface area (Å²) >= 11 is 1.66. The highest BCUT2D eigenvalue weighted by Gasteiger charge is 2.21. The van der Waals surface area contributed by atoms with Crippen molar-refractivity contribution in [2.24, 2.45) is 4.99 Å². The van der Waals surface area contributed by atoms with Crippen LogP contribution in [0, 0.1) is 12.7 Å². The summed E-state index contributed by atoms with van der Waals surface area (Å²) in [5, 5.41) is 7.62. The van der Waals surface area contributed by atoms with Crippen LogP contribution >= 0.6 is 35.3 Å². The molecule has 4 nitrogen and oxygen atoms in total. The minimum Gasteiger partial charge on any atom is -0.357 e. The second-order valence-corrected chi connectivity index (χ2v) is 7.62. The lowest BCUT2D eigenvalue weighted by molar-refractivity contribution is 0.507. The third-order valence-corrected chi connectivity index (χ3v) is 4.61. The van der Waals surface area contributed by atoms with Crippen LogP contribution < -0.4 is 10.6 Å². The molecule has 0 saturated heterocycles. The van der Waals surface area contributed by atoms with Crippen LogP contribution in [0.5, 0.6) is 0 Å². The van der Waals surface area contributed by atoms with Crippen LogP contribution in [0.25, 0.3) is 0 Å². The van der Waals surface area contributed by atoms with Gasteiger partial charge in [0.05, 0.1) is 6.54 Å². The lowest BCUT2D eigenvalue weighted by Crippen LogP contribution is -2.43. The third kappa shape index (κ3) is 6.89. The van der Waals surface area contributed by atoms with Gasteiger partial charge in [-0.25, -0.2) is 14.4 Å². The molecule has 0 saturated carbocycles. The number of nitrogens with one attached hydrogen (secondary N) is 2. The summed E-state index contributed by atoms with van der Waals surface area (Å²) in [6.07, 6.45) is 1.87. The lowest BCUT2D eigenvalue weighted by Gasteiger charge is -2.26. The van der Waals surface area contributed by atoms with E-state index in [1.165, 1.54) is 17.0 Å². The maximum absolute atomic E-state index is 13.1. The Kier molecular flexibility index (Phi) is 8.78. The fraction of sp³-hybridized carbons (Fsp3) is 0.444. The number of benzene rings is 1. The predicted octanol–water partition coefficient (Wildman–Crippen LogP) is 4.24. The SMILES string of the molecule is CCNC(=NCc1ncc(C)s1)NCC(C)(C)c1ccc(F)cc1.I. The molecule has 138 valence electrons. The fourth-order valence-electron chi connectivity index (χ4n) is 2.27. The van der Waals surface area contributed by atoms with Gasteiger partial charge in [-0.2, -0.15) is 0 Å². The zero-order chi connectivity index (χ0) is 17.6. The normalized spacial score (nSPS) is 11.8. The molecule has 0 aliphatic heterocycles. The van der Waals surface area contributed by atoms with Gasteiger partial charge in [0.2, 0.25) is 0 Å². The van der Waals surface area contributed by atoms with E-state index < -0.39 is 0 Å². The number of rotatable bonds is 6. The van der Waals surface area contributed by atoms with Crippen molar-refractivity contribution >= 4 is 41.3 Å². The standard InChI is InChI=1S/C18H25FN4S.HI/c1-5-20-17(22-11-16-21-10-13(2)24-16)23-12-18(3,4)14-6-8-15(19)9-7-14;/h6-10H,5,11-12H2,1-4H3,(H2,20,22,23);1H. The molecule has 0 atom stereocenters. The van der Waals surface area contributed by atoms with Crippen LogP contribution in [0.2, 0.25) is 0 Å². The van der Waals surface area contributed by atoms with E-state index in [1.54, 1.807) is 11.3 Å². The second-order valence-electron chi connectivity index (χ2n) is 6.30. The van der Waals surface area contributed by atoms with Crippen LogP contribution in [0.4, 0.5) is 4.39 Å². The first-order chi connectivity index (χ1) is 11.4. The van der Waals surface area contributed by atoms with E-state index in [2.05, 4.69) is 34.5 Å². The highest BCUT2D eigenvalue weighted by Crippen LogP contribution is 2.22. The van der Waals surface area contributed by atoms with Crippen molar-refractivity contribution in [1.29, 1.82) is 0 Å². The van der Waals surface area contributed by atoms with Gasteiger partial charge in [-0.3, -0.25) is 0 Å². The molecule has 0 radical (unpaired) electrons. The van der Waals surface area contributed by atoms with Gasteiger partial charge in [-0.05, 0) is 31.5 Å². The molecule has 2 N–H and O–H groups in total. The second kappa shape index (κ2) is 10.1. The van der Waals surface area contributed by atoms with Crippen molar-refractivity contribution in [3.63, 3.8) is 0 Å². The number of thiazole rings is 1. The first-order valence-electron chi connectivity index (χ1n) is 8.10. The average Bonchev–Trinajstić information content (AvgIpc) is 2.96. The summed E-state index contributed by atoms with van der Waals surface area (Å²) in [4.78, 5) is 10.1. The largest absolute Gasteiger partial charge is 0.357 e. The number of guanidine groups is 1. The molecular weight excluding hydrogens is 450 g/mol. The summed E-state index contributed by atoms with van der Waals surface area (Å²) in [5.41, 5.74) is 0.949. The summed E-state index contributed by atoms with van der Waals surface area (Å²) in [6.45, 7) is 10.4. The molecule has 0 unspecified atom stereocenters. The molecule has 0 bridgehead atoms. The molecule has 0 aliphatic carbocycles. The van der Waals surface area contributed by atoms with E-state index in [0.29, 0.717) is 13.1 Å². The number of hydrogen-bond donors (Lipinski definition) is 2. The van der Waals surface area contributed by atoms with E-state index in [1.807, 2.05) is 32.2 Å². The summed E-state index contributed by atoms with van der Waals surface area (Å²) < 4.78 is 13.1. The first kappa shape index (κ1) is 21.8. The molecule has 0 fully saturated rings. The number of aliphatic imine (C=N–C) groups is 1. The zero-order valence-corrected chi connectivity index (χ0v) is 18.2. The molecule has 2 rings (SSSR count). The van der Waals surface area contributed by atoms with Gasteiger partial charge in [-0.1, -0.05) is 26.0 Å². The molecule has 1 aromatic heterocycles. The van der Waals surface area contributed by atoms with Gasteiger partial charge < -0.3 is 10.6 Å². The number of halogens is 2. The molecule has 0 aliphatic rings. The Morgan fingerprint density at radius 2 is 1.92 bits per heavy atom. The van der Waals surface area contributed by atoms with Crippen LogP contribution in [0.1, 0.15) is 36.2 Å². The van der Waals surface area contributed by atoms with E-state index in [4.69, 9.17) is 0 Å². The van der Waals surface area contributed by atoms with Gasteiger partial charge in [-0.15, -0.1) is 35.3 Å². The Morgan fingerprint density at radius 1 is 1.24 bits per heavy atom. The Morgan fingerprint density at radius 3 is 2.48 bits per heavy atom. The molecule has 0 amide bonds. The van der Waals surface area contributed by atoms with Gasteiger partial charge in [0.25, 0.3) is 0 Å². The molecule has 25 heavy (non-hydrogen) atoms. The summed E-state index contributed by atoms with van der Waals surface area (Å²) in [6, 6.07) is 6.67. The van der Waals surface area contributed by atoms with Gasteiger partial charge >= 0.3 is 0 Å². The minimum atomic E-state index is -0.212. The van der Waals surface area contributed by atoms with E-state index >= 15 is 0 Å². The van der Waals surface area contributed by atoms with Crippen molar-refractivity contribution in [2.45, 2.75) is 39.7 Å². The first-order valence-corrected chi connectivity index (χ1v) is 8.92. The van der Waals surface area contributed by atoms with Crippen molar-refractivity contribution < 1.29 is 4.39 Å². The molecule has 0 spiro atoms. The maximum Gasteiger partial charge on any atom is 0.191 e. The molecule has 2 aromatic rings. The van der Waals surface area contributed by atoms with Crippen LogP contribution in [-0.4, -0.2) is 24.0 Å². The molecular formula is C18H26FIN4S. The quantitative estimate of drug-likeness (QED) is 0.373. The van der Waals surface area contributed by atoms with Crippen LogP contribution in [0.15, 0.2) is 35.5 Å². The number of aromatic nitrogens is 1. The maximum atomic E-state index is 13.1. The fourth-order valence-corrected chi connectivity index (χ4v) is 2.98. The van der Waals surface area contributed by atoms with E-state index in [0.717, 1.165) is 23.1 Å². The Hall–Kier alpha value is -1.22. The monoisotopic (exact) mass is 476 g/mol. The van der Waals surface area contributed by atoms with Crippen molar-refractivity contribution in [3.8, 4) is 0 Å². The van der Waals surface area contributed by atoms with Gasteiger partial charge in [0.15, 0.2) is 5.96 Å². The van der Waals surface area contributed by atoms with Gasteiger partial charge in [0.1, 0.15) is 10.8 Å². The minimum absolute atomic E-state index is 0. The Balaban J connectivity index is 0.00000312. The smallest absolute Gasteiger partial charge is 0.191 e. The highest BCUT2D eigenvalue weighted by molar-refractivity contribution is 14.0.